The molecular formula is C23H21NO4S. The molecule has 0 aliphatic carbocycles. The number of rotatable bonds is 8. The highest BCUT2D eigenvalue weighted by atomic mass is 32.2. The van der Waals surface area contributed by atoms with Gasteiger partial charge in [-0.05, 0) is 60.7 Å². The highest BCUT2D eigenvalue weighted by Gasteiger charge is 2.10. The van der Waals surface area contributed by atoms with Gasteiger partial charge in [-0.25, -0.2) is 0 Å². The Balaban J connectivity index is 1.61. The smallest absolute Gasteiger partial charge is 0.255 e. The number of hydrogen-bond acceptors (Lipinski definition) is 5. The molecule has 5 nitrogen and oxygen atoms in total. The summed E-state index contributed by atoms with van der Waals surface area (Å²) in [5, 5.41) is 2.88. The topological polar surface area (TPSA) is 64.6 Å². The molecule has 0 radical (unpaired) electrons. The second kappa shape index (κ2) is 9.80. The number of thioether (sulfide) groups is 1. The van der Waals surface area contributed by atoms with Gasteiger partial charge in [-0.1, -0.05) is 12.1 Å². The van der Waals surface area contributed by atoms with E-state index in [4.69, 9.17) is 9.47 Å². The van der Waals surface area contributed by atoms with E-state index in [0.717, 1.165) is 4.90 Å². The van der Waals surface area contributed by atoms with E-state index in [9.17, 15) is 9.59 Å². The van der Waals surface area contributed by atoms with Gasteiger partial charge in [-0.2, -0.15) is 0 Å². The third kappa shape index (κ3) is 5.62. The van der Waals surface area contributed by atoms with E-state index in [0.29, 0.717) is 34.1 Å². The van der Waals surface area contributed by atoms with Crippen molar-refractivity contribution in [3.05, 3.63) is 83.9 Å². The molecule has 0 unspecified atom stereocenters. The van der Waals surface area contributed by atoms with Gasteiger partial charge in [0, 0.05) is 21.7 Å². The average molecular weight is 407 g/mol. The minimum atomic E-state index is -0.222. The lowest BCUT2D eigenvalue weighted by atomic mass is 10.1. The van der Waals surface area contributed by atoms with E-state index in [2.05, 4.69) is 5.32 Å². The van der Waals surface area contributed by atoms with Gasteiger partial charge in [0.1, 0.15) is 11.5 Å². The number of methoxy groups -OCH3 is 2. The summed E-state index contributed by atoms with van der Waals surface area (Å²) in [7, 11) is 3.15. The monoisotopic (exact) mass is 407 g/mol. The van der Waals surface area contributed by atoms with Crippen molar-refractivity contribution in [2.24, 2.45) is 0 Å². The van der Waals surface area contributed by atoms with Crippen molar-refractivity contribution in [2.45, 2.75) is 4.90 Å². The van der Waals surface area contributed by atoms with Crippen LogP contribution >= 0.6 is 11.8 Å². The van der Waals surface area contributed by atoms with E-state index >= 15 is 0 Å². The Labute approximate surface area is 174 Å². The first-order valence-electron chi connectivity index (χ1n) is 8.94. The maximum absolute atomic E-state index is 12.5. The molecule has 0 heterocycles. The van der Waals surface area contributed by atoms with Crippen molar-refractivity contribution in [1.82, 2.24) is 0 Å². The van der Waals surface area contributed by atoms with Crippen LogP contribution in [0.5, 0.6) is 11.5 Å². The summed E-state index contributed by atoms with van der Waals surface area (Å²) in [5.41, 5.74) is 1.82. The quantitative estimate of drug-likeness (QED) is 0.424. The van der Waals surface area contributed by atoms with Gasteiger partial charge in [-0.3, -0.25) is 9.59 Å². The van der Waals surface area contributed by atoms with E-state index in [1.165, 1.54) is 11.8 Å². The van der Waals surface area contributed by atoms with Crippen LogP contribution in [0.15, 0.2) is 77.7 Å². The van der Waals surface area contributed by atoms with Crippen LogP contribution in [0.1, 0.15) is 20.7 Å². The molecule has 1 N–H and O–H groups in total. The molecule has 1 amide bonds. The minimum absolute atomic E-state index is 0.0310. The number of benzene rings is 3. The predicted molar refractivity (Wildman–Crippen MR) is 115 cm³/mol. The van der Waals surface area contributed by atoms with Crippen LogP contribution in [0.25, 0.3) is 0 Å². The molecule has 0 spiro atoms. The fourth-order valence-electron chi connectivity index (χ4n) is 2.64. The minimum Gasteiger partial charge on any atom is -0.497 e. The van der Waals surface area contributed by atoms with E-state index < -0.39 is 0 Å². The summed E-state index contributed by atoms with van der Waals surface area (Å²) in [6, 6.07) is 21.4. The van der Waals surface area contributed by atoms with Crippen LogP contribution in [0.3, 0.4) is 0 Å². The number of hydrogen-bond donors (Lipinski definition) is 1. The van der Waals surface area contributed by atoms with Crippen molar-refractivity contribution >= 4 is 29.1 Å². The zero-order valence-corrected chi connectivity index (χ0v) is 17.0. The van der Waals surface area contributed by atoms with Crippen molar-refractivity contribution in [1.29, 1.82) is 0 Å². The van der Waals surface area contributed by atoms with Crippen LogP contribution < -0.4 is 14.8 Å². The summed E-state index contributed by atoms with van der Waals surface area (Å²) >= 11 is 1.42. The average Bonchev–Trinajstić information content (AvgIpc) is 2.77. The first-order valence-corrected chi connectivity index (χ1v) is 9.93. The standard InChI is InChI=1S/C23H21NO4S/c1-27-19-11-9-16(10-12-19)22(25)15-29-21-8-4-6-18(14-21)24-23(26)17-5-3-7-20(13-17)28-2/h3-14H,15H2,1-2H3,(H,24,26). The molecule has 0 saturated carbocycles. The Morgan fingerprint density at radius 1 is 0.828 bits per heavy atom. The number of Topliss-reactive ketones (excluding diaryl/α,β-unsaturated/α-hetero) is 1. The molecule has 0 aromatic heterocycles. The largest absolute Gasteiger partial charge is 0.497 e. The Hall–Kier alpha value is -3.25. The predicted octanol–water partition coefficient (Wildman–Crippen LogP) is 4.93. The van der Waals surface area contributed by atoms with Crippen molar-refractivity contribution < 1.29 is 19.1 Å². The van der Waals surface area contributed by atoms with Gasteiger partial charge in [0.05, 0.1) is 20.0 Å². The second-order valence-corrected chi connectivity index (χ2v) is 7.20. The molecule has 148 valence electrons. The molecule has 3 aromatic carbocycles. The first-order chi connectivity index (χ1) is 14.1. The molecule has 6 heteroatoms. The Kier molecular flexibility index (Phi) is 6.92. The lowest BCUT2D eigenvalue weighted by Gasteiger charge is -2.08. The van der Waals surface area contributed by atoms with Crippen molar-refractivity contribution in [3.8, 4) is 11.5 Å². The molecule has 0 bridgehead atoms. The first kappa shape index (κ1) is 20.5. The van der Waals surface area contributed by atoms with E-state index in [-0.39, 0.29) is 11.7 Å². The Morgan fingerprint density at radius 3 is 2.28 bits per heavy atom. The SMILES string of the molecule is COc1ccc(C(=O)CSc2cccc(NC(=O)c3cccc(OC)c3)c2)cc1. The molecule has 0 saturated heterocycles. The molecule has 0 aliphatic heterocycles. The summed E-state index contributed by atoms with van der Waals surface area (Å²) in [5.74, 6) is 1.45. The summed E-state index contributed by atoms with van der Waals surface area (Å²) < 4.78 is 10.3. The number of amides is 1. The van der Waals surface area contributed by atoms with Gasteiger partial charge < -0.3 is 14.8 Å². The highest BCUT2D eigenvalue weighted by molar-refractivity contribution is 8.00. The van der Waals surface area contributed by atoms with E-state index in [1.807, 2.05) is 24.3 Å². The number of carbonyl (C=O) groups is 2. The maximum Gasteiger partial charge on any atom is 0.255 e. The maximum atomic E-state index is 12.5. The van der Waals surface area contributed by atoms with Gasteiger partial charge >= 0.3 is 0 Å². The van der Waals surface area contributed by atoms with Crippen molar-refractivity contribution in [3.63, 3.8) is 0 Å². The summed E-state index contributed by atoms with van der Waals surface area (Å²) in [4.78, 5) is 25.7. The van der Waals surface area contributed by atoms with Gasteiger partial charge in [0.15, 0.2) is 5.78 Å². The van der Waals surface area contributed by atoms with E-state index in [1.54, 1.807) is 62.8 Å². The van der Waals surface area contributed by atoms with Crippen LogP contribution in [0.2, 0.25) is 0 Å². The van der Waals surface area contributed by atoms with Crippen LogP contribution in [-0.2, 0) is 0 Å². The van der Waals surface area contributed by atoms with Crippen LogP contribution in [-0.4, -0.2) is 31.7 Å². The lowest BCUT2D eigenvalue weighted by Crippen LogP contribution is -2.11. The van der Waals surface area contributed by atoms with Gasteiger partial charge in [0.25, 0.3) is 5.91 Å². The highest BCUT2D eigenvalue weighted by Crippen LogP contribution is 2.24. The number of ketones is 1. The normalized spacial score (nSPS) is 10.3. The molecule has 29 heavy (non-hydrogen) atoms. The van der Waals surface area contributed by atoms with Crippen molar-refractivity contribution in [2.75, 3.05) is 25.3 Å². The number of nitrogens with one attached hydrogen (secondary N) is 1. The molecular weight excluding hydrogens is 386 g/mol. The molecule has 3 rings (SSSR count). The fraction of sp³-hybridized carbons (Fsp3) is 0.130. The van der Waals surface area contributed by atoms with Crippen LogP contribution in [0, 0.1) is 0 Å². The number of ether oxygens (including phenoxy) is 2. The molecule has 0 atom stereocenters. The van der Waals surface area contributed by atoms with Gasteiger partial charge in [-0.15, -0.1) is 11.8 Å². The Bertz CT molecular complexity index is 1000. The summed E-state index contributed by atoms with van der Waals surface area (Å²) in [6.07, 6.45) is 0. The van der Waals surface area contributed by atoms with Gasteiger partial charge in [0.2, 0.25) is 0 Å². The number of anilines is 1. The second-order valence-electron chi connectivity index (χ2n) is 6.15. The number of carbonyl (C=O) groups excluding carboxylic acids is 2. The molecule has 3 aromatic rings. The third-order valence-corrected chi connectivity index (χ3v) is 5.20. The lowest BCUT2D eigenvalue weighted by molar-refractivity contribution is 0.101. The summed E-state index contributed by atoms with van der Waals surface area (Å²) in [6.45, 7) is 0. The third-order valence-electron chi connectivity index (χ3n) is 4.21. The molecule has 0 aliphatic rings. The Morgan fingerprint density at radius 2 is 1.55 bits per heavy atom. The zero-order chi connectivity index (χ0) is 20.6. The zero-order valence-electron chi connectivity index (χ0n) is 16.2. The fourth-order valence-corrected chi connectivity index (χ4v) is 3.49. The van der Waals surface area contributed by atoms with Crippen LogP contribution in [0.4, 0.5) is 5.69 Å². The molecule has 0 fully saturated rings.